The monoisotopic (exact) mass is 490 g/mol. The van der Waals surface area contributed by atoms with Gasteiger partial charge < -0.3 is 5.32 Å². The number of nitrogens with one attached hydrogen (secondary N) is 1. The quantitative estimate of drug-likeness (QED) is 0.430. The number of rotatable bonds is 3. The van der Waals surface area contributed by atoms with Gasteiger partial charge in [0.1, 0.15) is 15.8 Å². The Labute approximate surface area is 206 Å². The number of imide groups is 1. The Kier molecular flexibility index (Phi) is 4.51. The molecule has 0 unspecified atom stereocenters. The molecule has 0 saturated carbocycles. The summed E-state index contributed by atoms with van der Waals surface area (Å²) in [5.41, 5.74) is 3.51. The Hall–Kier alpha value is -3.15. The van der Waals surface area contributed by atoms with Gasteiger partial charge in [0.05, 0.1) is 11.8 Å². The highest BCUT2D eigenvalue weighted by Gasteiger charge is 2.73. The van der Waals surface area contributed by atoms with Crippen molar-refractivity contribution in [2.24, 2.45) is 11.8 Å². The van der Waals surface area contributed by atoms with Gasteiger partial charge in [0.2, 0.25) is 17.7 Å². The molecule has 1 fully saturated rings. The van der Waals surface area contributed by atoms with Crippen molar-refractivity contribution in [3.8, 4) is 0 Å². The van der Waals surface area contributed by atoms with Crippen molar-refractivity contribution in [1.29, 1.82) is 0 Å². The first-order valence-electron chi connectivity index (χ1n) is 11.1. The van der Waals surface area contributed by atoms with Crippen LogP contribution in [0.1, 0.15) is 29.2 Å². The fraction of sp³-hybridized carbons (Fsp3) is 0.222. The van der Waals surface area contributed by atoms with Gasteiger partial charge in [0, 0.05) is 5.69 Å². The minimum Gasteiger partial charge on any atom is -0.324 e. The lowest BCUT2D eigenvalue weighted by Gasteiger charge is -2.54. The van der Waals surface area contributed by atoms with Gasteiger partial charge in [-0.2, -0.15) is 0 Å². The normalized spacial score (nSPS) is 29.3. The zero-order valence-corrected chi connectivity index (χ0v) is 19.7. The Morgan fingerprint density at radius 2 is 1.15 bits per heavy atom. The van der Waals surface area contributed by atoms with E-state index in [1.165, 1.54) is 0 Å². The van der Waals surface area contributed by atoms with Gasteiger partial charge in [-0.05, 0) is 41.3 Å². The molecule has 7 rings (SSSR count). The van der Waals surface area contributed by atoms with E-state index in [2.05, 4.69) is 5.32 Å². The number of carbonyl (C=O) groups excluding carboxylic acids is 3. The summed E-state index contributed by atoms with van der Waals surface area (Å²) in [6.07, 6.45) is 0. The second kappa shape index (κ2) is 7.17. The van der Waals surface area contributed by atoms with Crippen molar-refractivity contribution < 1.29 is 14.4 Å². The third kappa shape index (κ3) is 2.49. The number of hydrogen-bond donors (Lipinski definition) is 1. The second-order valence-electron chi connectivity index (χ2n) is 9.05. The first-order valence-corrected chi connectivity index (χ1v) is 11.9. The molecule has 3 amide bonds. The molecule has 4 aliphatic rings. The maximum absolute atomic E-state index is 13.9. The molecule has 170 valence electrons. The largest absolute Gasteiger partial charge is 0.324 e. The van der Waals surface area contributed by atoms with E-state index in [1.54, 1.807) is 31.2 Å². The summed E-state index contributed by atoms with van der Waals surface area (Å²) in [5, 5.41) is 2.78. The van der Waals surface area contributed by atoms with E-state index in [9.17, 15) is 14.4 Å². The van der Waals surface area contributed by atoms with Gasteiger partial charge in [-0.15, -0.1) is 23.2 Å². The van der Waals surface area contributed by atoms with E-state index in [0.29, 0.717) is 5.69 Å². The summed E-state index contributed by atoms with van der Waals surface area (Å²) in [6.45, 7) is 1.55. The lowest BCUT2D eigenvalue weighted by molar-refractivity contribution is -0.146. The SMILES string of the molecule is C[C@@H](C(=O)Nc1ccccc1)N1C(=O)[C@@H]2[C@H](C1=O)C1(Cl)c3ccccc3C2(Cl)c2ccccc21. The molecule has 0 radical (unpaired) electrons. The van der Waals surface area contributed by atoms with E-state index < -0.39 is 45.3 Å². The van der Waals surface area contributed by atoms with Crippen molar-refractivity contribution in [1.82, 2.24) is 4.90 Å². The van der Waals surface area contributed by atoms with Crippen LogP contribution in [-0.2, 0) is 24.1 Å². The van der Waals surface area contributed by atoms with Crippen molar-refractivity contribution in [3.63, 3.8) is 0 Å². The number of carbonyl (C=O) groups is 3. The lowest BCUT2D eigenvalue weighted by atomic mass is 9.54. The molecule has 1 heterocycles. The first-order chi connectivity index (χ1) is 16.3. The molecule has 0 aromatic heterocycles. The Morgan fingerprint density at radius 3 is 1.56 bits per heavy atom. The number of alkyl halides is 2. The summed E-state index contributed by atoms with van der Waals surface area (Å²) in [7, 11) is 0. The Balaban J connectivity index is 1.48. The Morgan fingerprint density at radius 1 is 0.765 bits per heavy atom. The number of benzene rings is 3. The molecular formula is C27H20Cl2N2O3. The fourth-order valence-corrected chi connectivity index (χ4v) is 7.05. The minimum absolute atomic E-state index is 0.457. The number of likely N-dealkylation sites (tertiary alicyclic amines) is 1. The third-order valence-corrected chi connectivity index (χ3v) is 8.71. The van der Waals surface area contributed by atoms with Gasteiger partial charge >= 0.3 is 0 Å². The van der Waals surface area contributed by atoms with Crippen LogP contribution in [0.5, 0.6) is 0 Å². The summed E-state index contributed by atoms with van der Waals surface area (Å²) in [5.74, 6) is -3.25. The maximum atomic E-state index is 13.9. The molecule has 0 spiro atoms. The van der Waals surface area contributed by atoms with E-state index >= 15 is 0 Å². The van der Waals surface area contributed by atoms with Gasteiger partial charge in [0.15, 0.2) is 0 Å². The average molecular weight is 491 g/mol. The predicted octanol–water partition coefficient (Wildman–Crippen LogP) is 4.61. The number of halogens is 2. The van der Waals surface area contributed by atoms with Crippen LogP contribution in [0.2, 0.25) is 0 Å². The summed E-state index contributed by atoms with van der Waals surface area (Å²) < 4.78 is 0. The van der Waals surface area contributed by atoms with E-state index in [4.69, 9.17) is 23.2 Å². The lowest BCUT2D eigenvalue weighted by Crippen LogP contribution is -2.57. The second-order valence-corrected chi connectivity index (χ2v) is 10.2. The predicted molar refractivity (Wildman–Crippen MR) is 130 cm³/mol. The highest BCUT2D eigenvalue weighted by Crippen LogP contribution is 2.69. The average Bonchev–Trinajstić information content (AvgIpc) is 3.13. The van der Waals surface area contributed by atoms with Crippen LogP contribution in [0.4, 0.5) is 5.69 Å². The van der Waals surface area contributed by atoms with Crippen LogP contribution in [-0.4, -0.2) is 28.7 Å². The fourth-order valence-electron chi connectivity index (χ4n) is 5.96. The topological polar surface area (TPSA) is 66.5 Å². The molecule has 3 atom stereocenters. The van der Waals surface area contributed by atoms with Crippen LogP contribution in [0.15, 0.2) is 78.9 Å². The molecule has 1 aliphatic heterocycles. The third-order valence-electron chi connectivity index (χ3n) is 7.43. The van der Waals surface area contributed by atoms with Crippen LogP contribution >= 0.6 is 23.2 Å². The summed E-state index contributed by atoms with van der Waals surface area (Å²) >= 11 is 14.8. The molecule has 34 heavy (non-hydrogen) atoms. The molecule has 1 N–H and O–H groups in total. The van der Waals surface area contributed by atoms with E-state index in [0.717, 1.165) is 27.2 Å². The van der Waals surface area contributed by atoms with Gasteiger partial charge in [-0.1, -0.05) is 66.7 Å². The van der Waals surface area contributed by atoms with E-state index in [1.807, 2.05) is 54.6 Å². The summed E-state index contributed by atoms with van der Waals surface area (Å²) in [6, 6.07) is 22.8. The van der Waals surface area contributed by atoms with Crippen LogP contribution in [0.3, 0.4) is 0 Å². The molecule has 2 bridgehead atoms. The number of anilines is 1. The van der Waals surface area contributed by atoms with Gasteiger partial charge in [-0.25, -0.2) is 0 Å². The van der Waals surface area contributed by atoms with Crippen molar-refractivity contribution >= 4 is 46.6 Å². The first kappa shape index (κ1) is 21.4. The van der Waals surface area contributed by atoms with Crippen LogP contribution < -0.4 is 5.32 Å². The van der Waals surface area contributed by atoms with E-state index in [-0.39, 0.29) is 0 Å². The number of nitrogens with zero attached hydrogens (tertiary/aromatic N) is 1. The number of hydrogen-bond acceptors (Lipinski definition) is 3. The number of para-hydroxylation sites is 1. The molecule has 3 aliphatic carbocycles. The van der Waals surface area contributed by atoms with Gasteiger partial charge in [-0.3, -0.25) is 19.3 Å². The smallest absolute Gasteiger partial charge is 0.247 e. The molecule has 3 aromatic carbocycles. The Bertz CT molecular complexity index is 1250. The van der Waals surface area contributed by atoms with Gasteiger partial charge in [0.25, 0.3) is 0 Å². The zero-order valence-electron chi connectivity index (χ0n) is 18.2. The van der Waals surface area contributed by atoms with Crippen molar-refractivity contribution in [3.05, 3.63) is 101 Å². The molecule has 1 saturated heterocycles. The minimum atomic E-state index is -1.26. The molecule has 5 nitrogen and oxygen atoms in total. The van der Waals surface area contributed by atoms with Crippen LogP contribution in [0.25, 0.3) is 0 Å². The highest BCUT2D eigenvalue weighted by molar-refractivity contribution is 6.36. The zero-order chi connectivity index (χ0) is 23.8. The standard InChI is InChI=1S/C27H20Cl2N2O3/c1-15(23(32)30-16-9-3-2-4-10-16)31-24(33)21-22(25(31)34)27(29)18-12-6-5-11-17(18)26(21,28)19-13-7-8-14-20(19)27/h2-15,21-22H,1H3,(H,30,32)/t15-,21-,22+,26?,27?/m0/s1. The molecular weight excluding hydrogens is 471 g/mol. The summed E-state index contributed by atoms with van der Waals surface area (Å²) in [4.78, 5) is 39.4. The van der Waals surface area contributed by atoms with Crippen molar-refractivity contribution in [2.75, 3.05) is 5.32 Å². The highest BCUT2D eigenvalue weighted by atomic mass is 35.5. The van der Waals surface area contributed by atoms with Crippen molar-refractivity contribution in [2.45, 2.75) is 22.7 Å². The maximum Gasteiger partial charge on any atom is 0.247 e. The molecule has 3 aromatic rings. The van der Waals surface area contributed by atoms with Crippen LogP contribution in [0, 0.1) is 11.8 Å². The molecule has 7 heteroatoms. The number of amides is 3.